The lowest BCUT2D eigenvalue weighted by atomic mass is 10.3. The van der Waals surface area contributed by atoms with E-state index in [-0.39, 0.29) is 5.75 Å². The topological polar surface area (TPSA) is 67.4 Å². The molecule has 0 bridgehead atoms. The van der Waals surface area contributed by atoms with Crippen LogP contribution >= 0.6 is 15.9 Å². The normalized spacial score (nSPS) is 11.6. The number of halogens is 2. The Labute approximate surface area is 118 Å². The Morgan fingerprint density at radius 2 is 2.16 bits per heavy atom. The van der Waals surface area contributed by atoms with E-state index >= 15 is 0 Å². The molecule has 1 unspecified atom stereocenters. The average molecular weight is 333 g/mol. The molecule has 0 heterocycles. The maximum atomic E-state index is 13.2. The van der Waals surface area contributed by atoms with Crippen molar-refractivity contribution in [1.29, 1.82) is 0 Å². The standard InChI is InChI=1S/C12H14BrFN2O3/c1-3-15-12(18)16-11(17)7(2)19-8-4-5-9(13)10(14)6-8/h4-7H,3H2,1-2H3,(H2,15,16,17,18). The fourth-order valence-corrected chi connectivity index (χ4v) is 1.47. The molecule has 0 aliphatic heterocycles. The van der Waals surface area contributed by atoms with Crippen molar-refractivity contribution in [2.45, 2.75) is 20.0 Å². The number of carbonyl (C=O) groups excluding carboxylic acids is 2. The maximum absolute atomic E-state index is 13.2. The van der Waals surface area contributed by atoms with Crippen LogP contribution in [0.4, 0.5) is 9.18 Å². The monoisotopic (exact) mass is 332 g/mol. The Morgan fingerprint density at radius 1 is 1.47 bits per heavy atom. The van der Waals surface area contributed by atoms with E-state index < -0.39 is 23.9 Å². The Balaban J connectivity index is 2.58. The highest BCUT2D eigenvalue weighted by molar-refractivity contribution is 9.10. The van der Waals surface area contributed by atoms with E-state index in [0.29, 0.717) is 11.0 Å². The molecule has 5 nitrogen and oxygen atoms in total. The number of urea groups is 1. The quantitative estimate of drug-likeness (QED) is 0.888. The highest BCUT2D eigenvalue weighted by Gasteiger charge is 2.17. The second-order valence-electron chi connectivity index (χ2n) is 3.68. The van der Waals surface area contributed by atoms with E-state index in [1.54, 1.807) is 6.92 Å². The molecule has 0 saturated carbocycles. The first-order chi connectivity index (χ1) is 8.93. The first kappa shape index (κ1) is 15.4. The van der Waals surface area contributed by atoms with Gasteiger partial charge in [0, 0.05) is 12.6 Å². The Morgan fingerprint density at radius 3 is 2.74 bits per heavy atom. The van der Waals surface area contributed by atoms with Gasteiger partial charge in [-0.3, -0.25) is 10.1 Å². The molecule has 0 fully saturated rings. The minimum absolute atomic E-state index is 0.208. The molecular weight excluding hydrogens is 319 g/mol. The van der Waals surface area contributed by atoms with Crippen LogP contribution in [0.15, 0.2) is 22.7 Å². The van der Waals surface area contributed by atoms with Crippen LogP contribution in [0.3, 0.4) is 0 Å². The molecule has 19 heavy (non-hydrogen) atoms. The van der Waals surface area contributed by atoms with Gasteiger partial charge in [-0.15, -0.1) is 0 Å². The van der Waals surface area contributed by atoms with Crippen molar-refractivity contribution in [3.8, 4) is 5.75 Å². The van der Waals surface area contributed by atoms with Gasteiger partial charge in [0.2, 0.25) is 0 Å². The zero-order valence-electron chi connectivity index (χ0n) is 10.5. The summed E-state index contributed by atoms with van der Waals surface area (Å²) in [5.41, 5.74) is 0. The molecule has 0 saturated heterocycles. The number of imide groups is 1. The summed E-state index contributed by atoms with van der Waals surface area (Å²) in [7, 11) is 0. The molecule has 1 rings (SSSR count). The lowest BCUT2D eigenvalue weighted by molar-refractivity contribution is -0.126. The molecule has 0 aromatic heterocycles. The summed E-state index contributed by atoms with van der Waals surface area (Å²) >= 11 is 3.01. The van der Waals surface area contributed by atoms with Gasteiger partial charge in [0.25, 0.3) is 5.91 Å². The number of carbonyl (C=O) groups is 2. The molecule has 0 aliphatic carbocycles. The van der Waals surface area contributed by atoms with E-state index in [4.69, 9.17) is 4.74 Å². The van der Waals surface area contributed by atoms with Gasteiger partial charge in [0.05, 0.1) is 4.47 Å². The summed E-state index contributed by atoms with van der Waals surface area (Å²) in [5, 5.41) is 4.53. The molecule has 104 valence electrons. The molecular formula is C12H14BrFN2O3. The third-order valence-corrected chi connectivity index (χ3v) is 2.79. The number of nitrogens with one attached hydrogen (secondary N) is 2. The Kier molecular flexibility index (Phi) is 5.75. The first-order valence-electron chi connectivity index (χ1n) is 5.64. The summed E-state index contributed by atoms with van der Waals surface area (Å²) in [6, 6.07) is 3.55. The van der Waals surface area contributed by atoms with Gasteiger partial charge in [0.1, 0.15) is 11.6 Å². The molecule has 0 spiro atoms. The highest BCUT2D eigenvalue weighted by atomic mass is 79.9. The third-order valence-electron chi connectivity index (χ3n) is 2.15. The Hall–Kier alpha value is -1.63. The minimum Gasteiger partial charge on any atom is -0.481 e. The van der Waals surface area contributed by atoms with Crippen LogP contribution in [0.2, 0.25) is 0 Å². The van der Waals surface area contributed by atoms with Gasteiger partial charge < -0.3 is 10.1 Å². The second-order valence-corrected chi connectivity index (χ2v) is 4.54. The molecule has 3 amide bonds. The lowest BCUT2D eigenvalue weighted by Crippen LogP contribution is -2.45. The largest absolute Gasteiger partial charge is 0.481 e. The van der Waals surface area contributed by atoms with Gasteiger partial charge in [0.15, 0.2) is 6.10 Å². The smallest absolute Gasteiger partial charge is 0.321 e. The molecule has 1 atom stereocenters. The van der Waals surface area contributed by atoms with E-state index in [0.717, 1.165) is 6.07 Å². The number of rotatable bonds is 4. The predicted octanol–water partition coefficient (Wildman–Crippen LogP) is 2.20. The molecule has 7 heteroatoms. The molecule has 0 aliphatic rings. The van der Waals surface area contributed by atoms with E-state index in [2.05, 4.69) is 26.6 Å². The summed E-state index contributed by atoms with van der Waals surface area (Å²) in [6.45, 7) is 3.61. The number of hydrogen-bond donors (Lipinski definition) is 2. The number of hydrogen-bond acceptors (Lipinski definition) is 3. The van der Waals surface area contributed by atoms with Crippen LogP contribution in [-0.4, -0.2) is 24.6 Å². The van der Waals surface area contributed by atoms with Crippen LogP contribution in [0.1, 0.15) is 13.8 Å². The number of amides is 3. The van der Waals surface area contributed by atoms with Crippen LogP contribution in [0, 0.1) is 5.82 Å². The minimum atomic E-state index is -0.914. The first-order valence-corrected chi connectivity index (χ1v) is 6.43. The van der Waals surface area contributed by atoms with Gasteiger partial charge >= 0.3 is 6.03 Å². The van der Waals surface area contributed by atoms with Crippen molar-refractivity contribution >= 4 is 27.9 Å². The third kappa shape index (κ3) is 4.86. The fraction of sp³-hybridized carbons (Fsp3) is 0.333. The number of ether oxygens (including phenoxy) is 1. The number of benzene rings is 1. The van der Waals surface area contributed by atoms with Crippen molar-refractivity contribution in [2.75, 3.05) is 6.54 Å². The van der Waals surface area contributed by atoms with Crippen molar-refractivity contribution < 1.29 is 18.7 Å². The molecule has 1 aromatic rings. The SMILES string of the molecule is CCNC(=O)NC(=O)C(C)Oc1ccc(Br)c(F)c1. The van der Waals surface area contributed by atoms with Crippen LogP contribution in [0.25, 0.3) is 0 Å². The molecule has 1 aromatic carbocycles. The van der Waals surface area contributed by atoms with Crippen molar-refractivity contribution in [3.05, 3.63) is 28.5 Å². The lowest BCUT2D eigenvalue weighted by Gasteiger charge is -2.14. The molecule has 0 radical (unpaired) electrons. The van der Waals surface area contributed by atoms with Gasteiger partial charge in [-0.1, -0.05) is 0 Å². The fourth-order valence-electron chi connectivity index (χ4n) is 1.23. The van der Waals surface area contributed by atoms with Gasteiger partial charge in [-0.05, 0) is 41.9 Å². The highest BCUT2D eigenvalue weighted by Crippen LogP contribution is 2.21. The van der Waals surface area contributed by atoms with Crippen molar-refractivity contribution in [1.82, 2.24) is 10.6 Å². The zero-order chi connectivity index (χ0) is 14.4. The van der Waals surface area contributed by atoms with Crippen LogP contribution < -0.4 is 15.4 Å². The molecule has 2 N–H and O–H groups in total. The van der Waals surface area contributed by atoms with Crippen LogP contribution in [0.5, 0.6) is 5.75 Å². The summed E-state index contributed by atoms with van der Waals surface area (Å²) in [6.07, 6.45) is -0.914. The predicted molar refractivity (Wildman–Crippen MR) is 71.4 cm³/mol. The van der Waals surface area contributed by atoms with Crippen LogP contribution in [-0.2, 0) is 4.79 Å². The average Bonchev–Trinajstić information content (AvgIpc) is 2.34. The van der Waals surface area contributed by atoms with Crippen molar-refractivity contribution in [2.24, 2.45) is 0 Å². The maximum Gasteiger partial charge on any atom is 0.321 e. The summed E-state index contributed by atoms with van der Waals surface area (Å²) in [4.78, 5) is 22.7. The van der Waals surface area contributed by atoms with Gasteiger partial charge in [-0.25, -0.2) is 9.18 Å². The summed E-state index contributed by atoms with van der Waals surface area (Å²) in [5.74, 6) is -0.887. The zero-order valence-corrected chi connectivity index (χ0v) is 12.1. The van der Waals surface area contributed by atoms with E-state index in [1.165, 1.54) is 19.1 Å². The summed E-state index contributed by atoms with van der Waals surface area (Å²) < 4.78 is 18.8. The van der Waals surface area contributed by atoms with Gasteiger partial charge in [-0.2, -0.15) is 0 Å². The Bertz CT molecular complexity index is 482. The second kappa shape index (κ2) is 7.08. The van der Waals surface area contributed by atoms with Crippen molar-refractivity contribution in [3.63, 3.8) is 0 Å². The van der Waals surface area contributed by atoms with E-state index in [1.807, 2.05) is 0 Å². The van der Waals surface area contributed by atoms with E-state index in [9.17, 15) is 14.0 Å².